The van der Waals surface area contributed by atoms with Gasteiger partial charge in [0.15, 0.2) is 5.76 Å². The Hall–Kier alpha value is -2.38. The summed E-state index contributed by atoms with van der Waals surface area (Å²) in [4.78, 5) is 26.8. The minimum Gasteiger partial charge on any atom is -0.459 e. The van der Waals surface area contributed by atoms with Crippen LogP contribution in [0.4, 0.5) is 10.7 Å². The van der Waals surface area contributed by atoms with Crippen LogP contribution in [0.25, 0.3) is 0 Å². The van der Waals surface area contributed by atoms with E-state index in [2.05, 4.69) is 33.5 Å². The molecule has 1 aromatic carbocycles. The molecule has 1 aliphatic rings. The van der Waals surface area contributed by atoms with E-state index in [0.29, 0.717) is 22.2 Å². The van der Waals surface area contributed by atoms with Crippen molar-refractivity contribution in [2.75, 3.05) is 10.6 Å². The van der Waals surface area contributed by atoms with Crippen molar-refractivity contribution in [2.45, 2.75) is 26.2 Å². The van der Waals surface area contributed by atoms with Gasteiger partial charge in [-0.2, -0.15) is 0 Å². The molecule has 0 saturated heterocycles. The Labute approximate surface area is 175 Å². The lowest BCUT2D eigenvalue weighted by Crippen LogP contribution is -2.19. The number of thiophene rings is 1. The number of nitrogens with one attached hydrogen (secondary N) is 2. The lowest BCUT2D eigenvalue weighted by atomic mass is 9.88. The monoisotopic (exact) mass is 458 g/mol. The summed E-state index contributed by atoms with van der Waals surface area (Å²) < 4.78 is 6.12. The number of hydrogen-bond acceptors (Lipinski definition) is 4. The average Bonchev–Trinajstić information content (AvgIpc) is 3.31. The second kappa shape index (κ2) is 7.93. The number of furan rings is 1. The van der Waals surface area contributed by atoms with Gasteiger partial charge in [0.1, 0.15) is 5.00 Å². The molecule has 5 nitrogen and oxygen atoms in total. The van der Waals surface area contributed by atoms with Crippen molar-refractivity contribution in [1.29, 1.82) is 0 Å². The van der Waals surface area contributed by atoms with Gasteiger partial charge in [-0.1, -0.05) is 22.9 Å². The van der Waals surface area contributed by atoms with Crippen LogP contribution in [0.2, 0.25) is 0 Å². The lowest BCUT2D eigenvalue weighted by Gasteiger charge is -2.18. The zero-order valence-corrected chi connectivity index (χ0v) is 17.7. The molecule has 0 bridgehead atoms. The van der Waals surface area contributed by atoms with E-state index in [1.165, 1.54) is 22.5 Å². The number of benzene rings is 1. The van der Waals surface area contributed by atoms with E-state index in [1.54, 1.807) is 12.1 Å². The van der Waals surface area contributed by atoms with Gasteiger partial charge in [0.05, 0.1) is 11.8 Å². The van der Waals surface area contributed by atoms with E-state index >= 15 is 0 Å². The Kier molecular flexibility index (Phi) is 5.37. The van der Waals surface area contributed by atoms with E-state index in [0.717, 1.165) is 29.3 Å². The molecule has 28 heavy (non-hydrogen) atoms. The van der Waals surface area contributed by atoms with Gasteiger partial charge in [-0.05, 0) is 67.1 Å². The van der Waals surface area contributed by atoms with E-state index in [1.807, 2.05) is 24.3 Å². The highest BCUT2D eigenvalue weighted by atomic mass is 79.9. The van der Waals surface area contributed by atoms with Gasteiger partial charge in [-0.15, -0.1) is 11.3 Å². The third-order valence-electron chi connectivity index (χ3n) is 4.81. The van der Waals surface area contributed by atoms with Crippen molar-refractivity contribution in [3.8, 4) is 0 Å². The van der Waals surface area contributed by atoms with E-state index in [9.17, 15) is 9.59 Å². The maximum Gasteiger partial charge on any atom is 0.291 e. The minimum atomic E-state index is -0.352. The first-order valence-corrected chi connectivity index (χ1v) is 10.7. The van der Waals surface area contributed by atoms with Gasteiger partial charge in [-0.25, -0.2) is 0 Å². The maximum absolute atomic E-state index is 13.1. The minimum absolute atomic E-state index is 0.205. The van der Waals surface area contributed by atoms with E-state index in [4.69, 9.17) is 4.42 Å². The quantitative estimate of drug-likeness (QED) is 0.523. The van der Waals surface area contributed by atoms with E-state index < -0.39 is 0 Å². The molecule has 144 valence electrons. The number of anilines is 2. The lowest BCUT2D eigenvalue weighted by molar-refractivity contribution is 0.0997. The molecule has 1 unspecified atom stereocenters. The van der Waals surface area contributed by atoms with Crippen molar-refractivity contribution in [3.05, 3.63) is 68.9 Å². The first-order chi connectivity index (χ1) is 13.5. The van der Waals surface area contributed by atoms with Gasteiger partial charge in [0.25, 0.3) is 11.8 Å². The fourth-order valence-corrected chi connectivity index (χ4v) is 5.05. The van der Waals surface area contributed by atoms with Crippen LogP contribution in [0, 0.1) is 5.92 Å². The van der Waals surface area contributed by atoms with Gasteiger partial charge in [-0.3, -0.25) is 9.59 Å². The zero-order chi connectivity index (χ0) is 19.7. The second-order valence-corrected chi connectivity index (χ2v) is 8.97. The summed E-state index contributed by atoms with van der Waals surface area (Å²) in [6.07, 6.45) is 4.26. The standard InChI is InChI=1S/C21H19BrN2O3S/c1-12-4-9-15-17(11-12)28-21(24-19(25)16-3-2-10-27-16)18(15)20(26)23-14-7-5-13(22)6-8-14/h2-3,5-8,10,12H,4,9,11H2,1H3,(H,23,26)(H,24,25). The van der Waals surface area contributed by atoms with Crippen LogP contribution in [0.3, 0.4) is 0 Å². The van der Waals surface area contributed by atoms with Gasteiger partial charge < -0.3 is 15.1 Å². The Bertz CT molecular complexity index is 1010. The molecule has 7 heteroatoms. The number of fused-ring (bicyclic) bond motifs is 1. The fraction of sp³-hybridized carbons (Fsp3) is 0.238. The van der Waals surface area contributed by atoms with Crippen LogP contribution in [0.1, 0.15) is 44.7 Å². The number of rotatable bonds is 4. The largest absolute Gasteiger partial charge is 0.459 e. The van der Waals surface area contributed by atoms with E-state index in [-0.39, 0.29) is 17.6 Å². The fourth-order valence-electron chi connectivity index (χ4n) is 3.38. The first-order valence-electron chi connectivity index (χ1n) is 9.07. The first kappa shape index (κ1) is 19.0. The number of carbonyl (C=O) groups excluding carboxylic acids is 2. The van der Waals surface area contributed by atoms with Crippen LogP contribution < -0.4 is 10.6 Å². The topological polar surface area (TPSA) is 71.3 Å². The molecule has 4 rings (SSSR count). The second-order valence-electron chi connectivity index (χ2n) is 6.95. The summed E-state index contributed by atoms with van der Waals surface area (Å²) in [5.41, 5.74) is 2.32. The Balaban J connectivity index is 1.66. The van der Waals surface area contributed by atoms with Crippen molar-refractivity contribution >= 4 is 49.8 Å². The summed E-state index contributed by atoms with van der Waals surface area (Å²) >= 11 is 4.89. The molecule has 3 aromatic rings. The Morgan fingerprint density at radius 3 is 2.64 bits per heavy atom. The van der Waals surface area contributed by atoms with Crippen molar-refractivity contribution in [2.24, 2.45) is 5.92 Å². The predicted molar refractivity (Wildman–Crippen MR) is 114 cm³/mol. The SMILES string of the molecule is CC1CCc2c(sc(NC(=O)c3ccco3)c2C(=O)Nc2ccc(Br)cc2)C1. The summed E-state index contributed by atoms with van der Waals surface area (Å²) in [6, 6.07) is 10.7. The highest BCUT2D eigenvalue weighted by molar-refractivity contribution is 9.10. The van der Waals surface area contributed by atoms with Crippen molar-refractivity contribution < 1.29 is 14.0 Å². The smallest absolute Gasteiger partial charge is 0.291 e. The maximum atomic E-state index is 13.1. The van der Waals surface area contributed by atoms with Gasteiger partial charge >= 0.3 is 0 Å². The number of hydrogen-bond donors (Lipinski definition) is 2. The third-order valence-corrected chi connectivity index (χ3v) is 6.51. The molecular formula is C21H19BrN2O3S. The van der Waals surface area contributed by atoms with Crippen molar-refractivity contribution in [3.63, 3.8) is 0 Å². The van der Waals surface area contributed by atoms with Crippen LogP contribution in [0.15, 0.2) is 51.6 Å². The molecule has 0 radical (unpaired) electrons. The number of halogens is 1. The van der Waals surface area contributed by atoms with Gasteiger partial charge in [0.2, 0.25) is 0 Å². The van der Waals surface area contributed by atoms with Crippen LogP contribution in [-0.4, -0.2) is 11.8 Å². The van der Waals surface area contributed by atoms with Crippen LogP contribution in [-0.2, 0) is 12.8 Å². The third kappa shape index (κ3) is 3.91. The van der Waals surface area contributed by atoms with Gasteiger partial charge in [0, 0.05) is 15.0 Å². The summed E-state index contributed by atoms with van der Waals surface area (Å²) in [5.74, 6) is 0.236. The summed E-state index contributed by atoms with van der Waals surface area (Å²) in [5, 5.41) is 6.41. The number of amides is 2. The normalized spacial score (nSPS) is 15.7. The molecule has 0 aliphatic heterocycles. The summed E-state index contributed by atoms with van der Waals surface area (Å²) in [7, 11) is 0. The molecule has 2 N–H and O–H groups in total. The molecule has 2 heterocycles. The highest BCUT2D eigenvalue weighted by Gasteiger charge is 2.29. The molecular weight excluding hydrogens is 440 g/mol. The Morgan fingerprint density at radius 1 is 1.14 bits per heavy atom. The van der Waals surface area contributed by atoms with Crippen LogP contribution >= 0.6 is 27.3 Å². The zero-order valence-electron chi connectivity index (χ0n) is 15.3. The Morgan fingerprint density at radius 2 is 1.93 bits per heavy atom. The predicted octanol–water partition coefficient (Wildman–Crippen LogP) is 5.73. The molecule has 1 aliphatic carbocycles. The number of carbonyl (C=O) groups is 2. The highest BCUT2D eigenvalue weighted by Crippen LogP contribution is 2.40. The van der Waals surface area contributed by atoms with Crippen molar-refractivity contribution in [1.82, 2.24) is 0 Å². The molecule has 0 spiro atoms. The van der Waals surface area contributed by atoms with Crippen LogP contribution in [0.5, 0.6) is 0 Å². The molecule has 0 saturated carbocycles. The molecule has 0 fully saturated rings. The average molecular weight is 459 g/mol. The molecule has 2 aromatic heterocycles. The molecule has 1 atom stereocenters. The molecule has 2 amide bonds. The summed E-state index contributed by atoms with van der Waals surface area (Å²) in [6.45, 7) is 2.21.